The third-order valence-corrected chi connectivity index (χ3v) is 2.50. The van der Waals surface area contributed by atoms with Crippen LogP contribution in [0.15, 0.2) is 33.5 Å². The second kappa shape index (κ2) is 5.39. The second-order valence-corrected chi connectivity index (χ2v) is 4.01. The largest absolute Gasteiger partial charge is 0.476 e. The maximum absolute atomic E-state index is 10.6. The van der Waals surface area contributed by atoms with Gasteiger partial charge in [0.2, 0.25) is 0 Å². The highest BCUT2D eigenvalue weighted by molar-refractivity contribution is 5.85. The summed E-state index contributed by atoms with van der Waals surface area (Å²) >= 11 is 0. The molecule has 96 valence electrons. The van der Waals surface area contributed by atoms with E-state index in [9.17, 15) is 4.79 Å². The summed E-state index contributed by atoms with van der Waals surface area (Å²) in [5.74, 6) is -0.183. The third-order valence-electron chi connectivity index (χ3n) is 2.50. The van der Waals surface area contributed by atoms with E-state index in [1.54, 1.807) is 6.26 Å². The molecule has 1 atom stereocenters. The van der Waals surface area contributed by atoms with Gasteiger partial charge >= 0.3 is 5.97 Å². The van der Waals surface area contributed by atoms with Crippen molar-refractivity contribution in [3.63, 3.8) is 0 Å². The summed E-state index contributed by atoms with van der Waals surface area (Å²) in [4.78, 5) is 14.4. The van der Waals surface area contributed by atoms with Crippen molar-refractivity contribution < 1.29 is 18.7 Å². The first kappa shape index (κ1) is 12.2. The Balaban J connectivity index is 1.82. The average molecular weight is 250 g/mol. The van der Waals surface area contributed by atoms with Gasteiger partial charge in [0.1, 0.15) is 12.0 Å². The van der Waals surface area contributed by atoms with Crippen molar-refractivity contribution in [3.8, 4) is 0 Å². The van der Waals surface area contributed by atoms with E-state index in [-0.39, 0.29) is 17.8 Å². The van der Waals surface area contributed by atoms with Crippen LogP contribution in [0.1, 0.15) is 29.6 Å². The molecule has 0 saturated carbocycles. The highest BCUT2D eigenvalue weighted by Crippen LogP contribution is 2.12. The molecule has 1 unspecified atom stereocenters. The predicted molar refractivity (Wildman–Crippen MR) is 63.6 cm³/mol. The fourth-order valence-corrected chi connectivity index (χ4v) is 1.53. The molecule has 2 rings (SSSR count). The molecule has 2 aromatic heterocycles. The van der Waals surface area contributed by atoms with Crippen LogP contribution in [0.4, 0.5) is 6.01 Å². The van der Waals surface area contributed by atoms with Crippen molar-refractivity contribution in [1.82, 2.24) is 4.98 Å². The van der Waals surface area contributed by atoms with Crippen LogP contribution in [0.2, 0.25) is 0 Å². The molecule has 0 aromatic carbocycles. The van der Waals surface area contributed by atoms with Gasteiger partial charge in [-0.25, -0.2) is 4.79 Å². The van der Waals surface area contributed by atoms with Gasteiger partial charge < -0.3 is 19.3 Å². The minimum Gasteiger partial charge on any atom is -0.476 e. The summed E-state index contributed by atoms with van der Waals surface area (Å²) in [5.41, 5.74) is -0.101. The van der Waals surface area contributed by atoms with Gasteiger partial charge in [0, 0.05) is 12.5 Å². The van der Waals surface area contributed by atoms with Gasteiger partial charge in [-0.15, -0.1) is 0 Å². The number of nitrogens with zero attached hydrogens (tertiary/aromatic N) is 1. The van der Waals surface area contributed by atoms with E-state index < -0.39 is 5.97 Å². The maximum Gasteiger partial charge on any atom is 0.357 e. The zero-order chi connectivity index (χ0) is 13.0. The Labute approximate surface area is 104 Å². The normalized spacial score (nSPS) is 12.3. The quantitative estimate of drug-likeness (QED) is 0.818. The first-order valence-electron chi connectivity index (χ1n) is 5.63. The van der Waals surface area contributed by atoms with Crippen LogP contribution in [0.5, 0.6) is 0 Å². The molecule has 2 N–H and O–H groups in total. The number of aromatic carboxylic acids is 1. The molecule has 2 heterocycles. The molecular weight excluding hydrogens is 236 g/mol. The van der Waals surface area contributed by atoms with Crippen LogP contribution >= 0.6 is 0 Å². The van der Waals surface area contributed by atoms with Crippen molar-refractivity contribution in [3.05, 3.63) is 36.1 Å². The third kappa shape index (κ3) is 3.13. The Morgan fingerprint density at radius 1 is 1.56 bits per heavy atom. The van der Waals surface area contributed by atoms with E-state index in [4.69, 9.17) is 13.9 Å². The Bertz CT molecular complexity index is 504. The van der Waals surface area contributed by atoms with Crippen LogP contribution < -0.4 is 5.32 Å². The molecule has 0 aliphatic heterocycles. The first-order chi connectivity index (χ1) is 8.65. The zero-order valence-electron chi connectivity index (χ0n) is 9.92. The standard InChI is InChI=1S/C12H14N2O4/c1-8(4-5-9-3-2-6-17-9)13-12-14-10(7-18-12)11(15)16/h2-3,6-8H,4-5H2,1H3,(H,13,14)(H,15,16). The van der Waals surface area contributed by atoms with Crippen LogP contribution in [0, 0.1) is 0 Å². The highest BCUT2D eigenvalue weighted by atomic mass is 16.4. The van der Waals surface area contributed by atoms with Crippen molar-refractivity contribution in [2.75, 3.05) is 5.32 Å². The number of carboxylic acids is 1. The van der Waals surface area contributed by atoms with Crippen molar-refractivity contribution >= 4 is 12.0 Å². The summed E-state index contributed by atoms with van der Waals surface area (Å²) in [6, 6.07) is 4.09. The topological polar surface area (TPSA) is 88.5 Å². The van der Waals surface area contributed by atoms with Gasteiger partial charge in [-0.05, 0) is 25.5 Å². The Hall–Kier alpha value is -2.24. The number of oxazole rings is 1. The number of carboxylic acid groups (broad SMARTS) is 1. The van der Waals surface area contributed by atoms with E-state index >= 15 is 0 Å². The zero-order valence-corrected chi connectivity index (χ0v) is 9.92. The molecule has 6 nitrogen and oxygen atoms in total. The first-order valence-corrected chi connectivity index (χ1v) is 5.63. The molecule has 0 saturated heterocycles. The lowest BCUT2D eigenvalue weighted by atomic mass is 10.1. The minimum atomic E-state index is -1.10. The maximum atomic E-state index is 10.6. The molecule has 0 aliphatic rings. The molecule has 0 fully saturated rings. The molecule has 0 amide bonds. The molecule has 6 heteroatoms. The minimum absolute atomic E-state index is 0.101. The number of aromatic nitrogens is 1. The number of rotatable bonds is 6. The van der Waals surface area contributed by atoms with Crippen LogP contribution in [0.25, 0.3) is 0 Å². The average Bonchev–Trinajstić information content (AvgIpc) is 2.96. The van der Waals surface area contributed by atoms with Crippen LogP contribution in [-0.2, 0) is 6.42 Å². The lowest BCUT2D eigenvalue weighted by Gasteiger charge is -2.10. The smallest absolute Gasteiger partial charge is 0.357 e. The summed E-state index contributed by atoms with van der Waals surface area (Å²) in [7, 11) is 0. The SMILES string of the molecule is CC(CCc1ccco1)Nc1nc(C(=O)O)co1. The Kier molecular flexibility index (Phi) is 3.66. The number of hydrogen-bond donors (Lipinski definition) is 2. The number of nitrogens with one attached hydrogen (secondary N) is 1. The van der Waals surface area contributed by atoms with E-state index in [0.29, 0.717) is 0 Å². The molecule has 0 spiro atoms. The molecular formula is C12H14N2O4. The van der Waals surface area contributed by atoms with Gasteiger partial charge in [-0.1, -0.05) is 0 Å². The lowest BCUT2D eigenvalue weighted by molar-refractivity contribution is 0.0690. The van der Waals surface area contributed by atoms with Crippen molar-refractivity contribution in [2.24, 2.45) is 0 Å². The van der Waals surface area contributed by atoms with Crippen LogP contribution in [0.3, 0.4) is 0 Å². The van der Waals surface area contributed by atoms with E-state index in [1.165, 1.54) is 0 Å². The van der Waals surface area contributed by atoms with Crippen molar-refractivity contribution in [1.29, 1.82) is 0 Å². The number of aryl methyl sites for hydroxylation is 1. The van der Waals surface area contributed by atoms with Crippen molar-refractivity contribution in [2.45, 2.75) is 25.8 Å². The summed E-state index contributed by atoms with van der Waals surface area (Å²) in [5, 5.41) is 11.7. The lowest BCUT2D eigenvalue weighted by Crippen LogP contribution is -2.16. The molecule has 2 aromatic rings. The predicted octanol–water partition coefficient (Wildman–Crippen LogP) is 2.40. The molecule has 0 radical (unpaired) electrons. The monoisotopic (exact) mass is 250 g/mol. The van der Waals surface area contributed by atoms with E-state index in [1.807, 2.05) is 19.1 Å². The highest BCUT2D eigenvalue weighted by Gasteiger charge is 2.12. The van der Waals surface area contributed by atoms with Gasteiger partial charge in [0.15, 0.2) is 5.69 Å². The van der Waals surface area contributed by atoms with Gasteiger partial charge in [0.25, 0.3) is 6.01 Å². The fourth-order valence-electron chi connectivity index (χ4n) is 1.53. The fraction of sp³-hybridized carbons (Fsp3) is 0.333. The summed E-state index contributed by atoms with van der Waals surface area (Å²) < 4.78 is 10.2. The second-order valence-electron chi connectivity index (χ2n) is 4.01. The Morgan fingerprint density at radius 2 is 2.39 bits per heavy atom. The van der Waals surface area contributed by atoms with Crippen LogP contribution in [-0.4, -0.2) is 22.1 Å². The Morgan fingerprint density at radius 3 is 3.00 bits per heavy atom. The molecule has 0 bridgehead atoms. The number of furan rings is 1. The molecule has 0 aliphatic carbocycles. The van der Waals surface area contributed by atoms with E-state index in [2.05, 4.69) is 10.3 Å². The number of hydrogen-bond acceptors (Lipinski definition) is 5. The number of carbonyl (C=O) groups is 1. The molecule has 18 heavy (non-hydrogen) atoms. The summed E-state index contributed by atoms with van der Waals surface area (Å²) in [6.45, 7) is 1.97. The van der Waals surface area contributed by atoms with Gasteiger partial charge in [0.05, 0.1) is 6.26 Å². The van der Waals surface area contributed by atoms with E-state index in [0.717, 1.165) is 24.9 Å². The van der Waals surface area contributed by atoms with Gasteiger partial charge in [-0.3, -0.25) is 0 Å². The number of anilines is 1. The summed E-state index contributed by atoms with van der Waals surface area (Å²) in [6.07, 6.45) is 4.39. The van der Waals surface area contributed by atoms with Gasteiger partial charge in [-0.2, -0.15) is 4.98 Å².